The van der Waals surface area contributed by atoms with Crippen molar-refractivity contribution in [2.75, 3.05) is 0 Å². The molecule has 5 rings (SSSR count). The van der Waals surface area contributed by atoms with Crippen LogP contribution in [0.1, 0.15) is 0 Å². The molecule has 3 aromatic heterocycles. The first-order chi connectivity index (χ1) is 17.2. The lowest BCUT2D eigenvalue weighted by Crippen LogP contribution is -1.78. The number of furan rings is 1. The molecule has 9 nitrogen and oxygen atoms in total. The van der Waals surface area contributed by atoms with Crippen molar-refractivity contribution in [3.63, 3.8) is 0 Å². The van der Waals surface area contributed by atoms with Gasteiger partial charge in [-0.3, -0.25) is 0 Å². The molecule has 0 bridgehead atoms. The van der Waals surface area contributed by atoms with Gasteiger partial charge in [-0.2, -0.15) is 0 Å². The molecule has 170 valence electrons. The van der Waals surface area contributed by atoms with Crippen molar-refractivity contribution < 1.29 is 14.6 Å². The Morgan fingerprint density at radius 2 is 1.03 bits per heavy atom. The summed E-state index contributed by atoms with van der Waals surface area (Å²) in [6.07, 6.45) is 3.25. The van der Waals surface area contributed by atoms with Gasteiger partial charge >= 0.3 is 0 Å². The van der Waals surface area contributed by atoms with Gasteiger partial charge in [-0.1, -0.05) is 12.1 Å². The number of azo groups is 2. The van der Waals surface area contributed by atoms with Crippen LogP contribution in [0.15, 0.2) is 122 Å². The molecule has 0 unspecified atom stereocenters. The molecule has 0 amide bonds. The molecule has 35 heavy (non-hydrogen) atoms. The van der Waals surface area contributed by atoms with Gasteiger partial charge in [0, 0.05) is 24.5 Å². The number of aromatic nitrogens is 2. The van der Waals surface area contributed by atoms with Gasteiger partial charge in [-0.15, -0.1) is 20.5 Å². The summed E-state index contributed by atoms with van der Waals surface area (Å²) in [6, 6.07) is 23.9. The van der Waals surface area contributed by atoms with Gasteiger partial charge in [-0.05, 0) is 60.7 Å². The first kappa shape index (κ1) is 21.7. The highest BCUT2D eigenvalue weighted by molar-refractivity contribution is 5.74. The molecule has 0 aliphatic rings. The molecule has 0 aliphatic heterocycles. The van der Waals surface area contributed by atoms with Crippen molar-refractivity contribution >= 4 is 23.0 Å². The number of phenols is 2. The van der Waals surface area contributed by atoms with E-state index in [0.29, 0.717) is 45.7 Å². The van der Waals surface area contributed by atoms with E-state index in [-0.39, 0.29) is 11.5 Å². The fourth-order valence-corrected chi connectivity index (χ4v) is 3.25. The standard InChI is InChI=1S/C26H18N6O3/c33-21-15-17(29-31-25-5-1-3-13-27-25)7-9-19(21)23-11-12-24(35-23)20-10-8-18(16-22(20)34)30-32-26-6-2-4-14-28-26/h1-16,33-34H/b31-29+,32-30+. The van der Waals surface area contributed by atoms with Crippen LogP contribution in [0.2, 0.25) is 0 Å². The lowest BCUT2D eigenvalue weighted by atomic mass is 10.1. The van der Waals surface area contributed by atoms with Crippen molar-refractivity contribution in [1.82, 2.24) is 9.97 Å². The molecule has 0 saturated heterocycles. The summed E-state index contributed by atoms with van der Waals surface area (Å²) >= 11 is 0. The summed E-state index contributed by atoms with van der Waals surface area (Å²) in [5.74, 6) is 1.77. The van der Waals surface area contributed by atoms with Gasteiger partial charge in [0.05, 0.1) is 22.5 Å². The van der Waals surface area contributed by atoms with E-state index in [1.165, 1.54) is 12.1 Å². The maximum absolute atomic E-state index is 10.5. The lowest BCUT2D eigenvalue weighted by Gasteiger charge is -2.04. The van der Waals surface area contributed by atoms with E-state index in [1.807, 2.05) is 12.1 Å². The van der Waals surface area contributed by atoms with Crippen LogP contribution in [0.25, 0.3) is 22.6 Å². The summed E-state index contributed by atoms with van der Waals surface area (Å²) in [6.45, 7) is 0. The molecule has 0 spiro atoms. The molecule has 9 heteroatoms. The number of hydrogen-bond donors (Lipinski definition) is 2. The number of phenolic OH excluding ortho intramolecular Hbond substituents is 2. The van der Waals surface area contributed by atoms with Gasteiger partial charge in [0.1, 0.15) is 23.0 Å². The molecular weight excluding hydrogens is 444 g/mol. The first-order valence-corrected chi connectivity index (χ1v) is 10.6. The molecular formula is C26H18N6O3. The van der Waals surface area contributed by atoms with Crippen molar-refractivity contribution in [2.24, 2.45) is 20.5 Å². The zero-order valence-electron chi connectivity index (χ0n) is 18.2. The minimum absolute atomic E-state index is 0.0159. The second-order valence-electron chi connectivity index (χ2n) is 7.34. The Hall–Kier alpha value is -5.18. The van der Waals surface area contributed by atoms with E-state index >= 15 is 0 Å². The van der Waals surface area contributed by atoms with E-state index in [9.17, 15) is 10.2 Å². The Morgan fingerprint density at radius 1 is 0.543 bits per heavy atom. The Labute approximate surface area is 199 Å². The van der Waals surface area contributed by atoms with Crippen LogP contribution in [0.4, 0.5) is 23.0 Å². The molecule has 0 atom stereocenters. The third-order valence-electron chi connectivity index (χ3n) is 4.93. The second kappa shape index (κ2) is 9.75. The predicted octanol–water partition coefficient (Wildman–Crippen LogP) is 7.65. The minimum Gasteiger partial charge on any atom is -0.507 e. The molecule has 0 radical (unpaired) electrons. The van der Waals surface area contributed by atoms with E-state index in [4.69, 9.17) is 4.42 Å². The van der Waals surface area contributed by atoms with Crippen LogP contribution in [0.3, 0.4) is 0 Å². The van der Waals surface area contributed by atoms with Gasteiger partial charge in [-0.25, -0.2) is 9.97 Å². The minimum atomic E-state index is -0.0159. The Morgan fingerprint density at radius 3 is 1.43 bits per heavy atom. The Bertz CT molecular complexity index is 1400. The SMILES string of the molecule is Oc1cc(/N=N/c2ccccn2)ccc1-c1ccc(-c2ccc(/N=N/c3ccccn3)cc2O)o1. The van der Waals surface area contributed by atoms with Gasteiger partial charge in [0.15, 0.2) is 11.6 Å². The zero-order valence-corrected chi connectivity index (χ0v) is 18.2. The number of benzene rings is 2. The van der Waals surface area contributed by atoms with Gasteiger partial charge in [0.25, 0.3) is 0 Å². The van der Waals surface area contributed by atoms with Crippen LogP contribution in [-0.2, 0) is 0 Å². The van der Waals surface area contributed by atoms with Crippen LogP contribution in [0, 0.1) is 0 Å². The second-order valence-corrected chi connectivity index (χ2v) is 7.34. The molecule has 5 aromatic rings. The predicted molar refractivity (Wildman–Crippen MR) is 130 cm³/mol. The normalized spacial score (nSPS) is 11.4. The van der Waals surface area contributed by atoms with Crippen molar-refractivity contribution in [2.45, 2.75) is 0 Å². The van der Waals surface area contributed by atoms with Crippen molar-refractivity contribution in [3.05, 3.63) is 97.3 Å². The maximum Gasteiger partial charge on any atom is 0.174 e. The number of rotatable bonds is 6. The van der Waals surface area contributed by atoms with E-state index < -0.39 is 0 Å². The molecule has 0 fully saturated rings. The van der Waals surface area contributed by atoms with Crippen LogP contribution in [0.5, 0.6) is 11.5 Å². The molecule has 3 heterocycles. The van der Waals surface area contributed by atoms with Crippen LogP contribution >= 0.6 is 0 Å². The number of aromatic hydroxyl groups is 2. The third-order valence-corrected chi connectivity index (χ3v) is 4.93. The summed E-state index contributed by atoms with van der Waals surface area (Å²) in [4.78, 5) is 8.15. The summed E-state index contributed by atoms with van der Waals surface area (Å²) in [7, 11) is 0. The fourth-order valence-electron chi connectivity index (χ4n) is 3.25. The van der Waals surface area contributed by atoms with Crippen LogP contribution < -0.4 is 0 Å². The van der Waals surface area contributed by atoms with E-state index in [2.05, 4.69) is 30.4 Å². The lowest BCUT2D eigenvalue weighted by molar-refractivity contribution is 0.471. The average molecular weight is 462 g/mol. The molecule has 0 saturated carbocycles. The molecule has 2 N–H and O–H groups in total. The van der Waals surface area contributed by atoms with Crippen molar-refractivity contribution in [3.8, 4) is 34.1 Å². The topological polar surface area (TPSA) is 129 Å². The smallest absolute Gasteiger partial charge is 0.174 e. The van der Waals surface area contributed by atoms with Crippen molar-refractivity contribution in [1.29, 1.82) is 0 Å². The summed E-state index contributed by atoms with van der Waals surface area (Å²) < 4.78 is 5.91. The first-order valence-electron chi connectivity index (χ1n) is 10.6. The molecule has 0 aliphatic carbocycles. The average Bonchev–Trinajstić information content (AvgIpc) is 3.37. The van der Waals surface area contributed by atoms with E-state index in [1.54, 1.807) is 73.1 Å². The highest BCUT2D eigenvalue weighted by Crippen LogP contribution is 2.39. The number of pyridine rings is 2. The summed E-state index contributed by atoms with van der Waals surface area (Å²) in [5, 5.41) is 37.3. The van der Waals surface area contributed by atoms with Crippen LogP contribution in [-0.4, -0.2) is 20.2 Å². The fraction of sp³-hybridized carbons (Fsp3) is 0. The monoisotopic (exact) mass is 462 g/mol. The number of nitrogens with zero attached hydrogens (tertiary/aromatic N) is 6. The summed E-state index contributed by atoms with van der Waals surface area (Å²) in [5.41, 5.74) is 1.90. The maximum atomic E-state index is 10.5. The largest absolute Gasteiger partial charge is 0.507 e. The highest BCUT2D eigenvalue weighted by Gasteiger charge is 2.14. The zero-order chi connectivity index (χ0) is 24.0. The van der Waals surface area contributed by atoms with E-state index in [0.717, 1.165) is 0 Å². The third kappa shape index (κ3) is 5.09. The highest BCUT2D eigenvalue weighted by atomic mass is 16.3. The van der Waals surface area contributed by atoms with Gasteiger partial charge in [0.2, 0.25) is 0 Å². The Balaban J connectivity index is 1.34. The van der Waals surface area contributed by atoms with Gasteiger partial charge < -0.3 is 14.6 Å². The molecule has 2 aromatic carbocycles. The quantitative estimate of drug-likeness (QED) is 0.250. The number of hydrogen-bond acceptors (Lipinski definition) is 9. The Kier molecular flexibility index (Phi) is 6.03.